The number of aromatic nitrogens is 2. The lowest BCUT2D eigenvalue weighted by molar-refractivity contribution is -0.0834. The molecule has 1 aliphatic carbocycles. The summed E-state index contributed by atoms with van der Waals surface area (Å²) < 4.78 is 6.14. The highest BCUT2D eigenvalue weighted by molar-refractivity contribution is 7.18. The summed E-state index contributed by atoms with van der Waals surface area (Å²) in [6, 6.07) is 2.06. The fourth-order valence-electron chi connectivity index (χ4n) is 3.15. The van der Waals surface area contributed by atoms with Crippen LogP contribution in [-0.2, 0) is 10.3 Å². The highest BCUT2D eigenvalue weighted by Crippen LogP contribution is 2.42. The Balaban J connectivity index is 2.06. The van der Waals surface area contributed by atoms with Gasteiger partial charge in [-0.3, -0.25) is 0 Å². The van der Waals surface area contributed by atoms with Crippen molar-refractivity contribution in [2.24, 2.45) is 5.92 Å². The van der Waals surface area contributed by atoms with Crippen LogP contribution in [0.4, 0.5) is 0 Å². The van der Waals surface area contributed by atoms with Gasteiger partial charge in [0, 0.05) is 16.9 Å². The number of fused-ring (bicyclic) bond motifs is 1. The van der Waals surface area contributed by atoms with E-state index in [4.69, 9.17) is 21.3 Å². The van der Waals surface area contributed by atoms with Gasteiger partial charge in [0.1, 0.15) is 15.6 Å². The molecular weight excluding hydrogens is 304 g/mol. The summed E-state index contributed by atoms with van der Waals surface area (Å²) in [7, 11) is 0. The molecule has 21 heavy (non-hydrogen) atoms. The van der Waals surface area contributed by atoms with E-state index in [1.165, 1.54) is 4.88 Å². The number of thiophene rings is 1. The average Bonchev–Trinajstić information content (AvgIpc) is 2.83. The molecule has 0 atom stereocenters. The summed E-state index contributed by atoms with van der Waals surface area (Å²) in [5.74, 6) is 1.53. The molecule has 2 aromatic heterocycles. The van der Waals surface area contributed by atoms with Crippen molar-refractivity contribution in [1.82, 2.24) is 9.97 Å². The van der Waals surface area contributed by atoms with E-state index in [1.54, 1.807) is 11.3 Å². The Morgan fingerprint density at radius 1 is 1.38 bits per heavy atom. The number of aryl methyl sites for hydroxylation is 1. The van der Waals surface area contributed by atoms with E-state index in [2.05, 4.69) is 24.9 Å². The third-order valence-electron chi connectivity index (χ3n) is 4.38. The summed E-state index contributed by atoms with van der Waals surface area (Å²) >= 11 is 8.06. The molecule has 1 aliphatic rings. The second-order valence-corrected chi connectivity index (χ2v) is 7.62. The molecular formula is C16H21ClN2OS. The van der Waals surface area contributed by atoms with E-state index in [0.717, 1.165) is 47.6 Å². The van der Waals surface area contributed by atoms with Crippen molar-refractivity contribution >= 4 is 33.2 Å². The zero-order chi connectivity index (χ0) is 15.0. The molecule has 2 aromatic rings. The van der Waals surface area contributed by atoms with Crippen molar-refractivity contribution in [2.45, 2.75) is 52.1 Å². The second kappa shape index (κ2) is 5.82. The first-order valence-electron chi connectivity index (χ1n) is 7.62. The summed E-state index contributed by atoms with van der Waals surface area (Å²) in [6.45, 7) is 7.09. The predicted octanol–water partition coefficient (Wildman–Crippen LogP) is 5.10. The van der Waals surface area contributed by atoms with E-state index < -0.39 is 0 Å². The maximum atomic E-state index is 6.39. The highest BCUT2D eigenvalue weighted by Gasteiger charge is 2.39. The first kappa shape index (κ1) is 15.2. The normalized spacial score (nSPS) is 26.4. The topological polar surface area (TPSA) is 35.0 Å². The fourth-order valence-corrected chi connectivity index (χ4v) is 4.31. The van der Waals surface area contributed by atoms with Crippen LogP contribution in [0.15, 0.2) is 6.07 Å². The van der Waals surface area contributed by atoms with Crippen LogP contribution < -0.4 is 0 Å². The minimum absolute atomic E-state index is 0.350. The quantitative estimate of drug-likeness (QED) is 0.737. The lowest BCUT2D eigenvalue weighted by atomic mass is 9.79. The molecule has 3 rings (SSSR count). The number of hydrogen-bond acceptors (Lipinski definition) is 4. The minimum Gasteiger partial charge on any atom is -0.367 e. The van der Waals surface area contributed by atoms with Gasteiger partial charge < -0.3 is 4.74 Å². The monoisotopic (exact) mass is 324 g/mol. The maximum absolute atomic E-state index is 6.39. The summed E-state index contributed by atoms with van der Waals surface area (Å²) in [6.07, 6.45) is 4.27. The van der Waals surface area contributed by atoms with Crippen molar-refractivity contribution in [2.75, 3.05) is 6.61 Å². The van der Waals surface area contributed by atoms with Gasteiger partial charge in [-0.1, -0.05) is 18.5 Å². The Morgan fingerprint density at radius 2 is 2.10 bits per heavy atom. The Hall–Kier alpha value is -0.710. The van der Waals surface area contributed by atoms with Crippen molar-refractivity contribution in [3.05, 3.63) is 21.9 Å². The first-order valence-corrected chi connectivity index (χ1v) is 8.81. The van der Waals surface area contributed by atoms with Crippen molar-refractivity contribution in [1.29, 1.82) is 0 Å². The maximum Gasteiger partial charge on any atom is 0.163 e. The molecule has 0 unspecified atom stereocenters. The Bertz CT molecular complexity index is 647. The van der Waals surface area contributed by atoms with E-state index in [1.807, 2.05) is 6.92 Å². The van der Waals surface area contributed by atoms with E-state index in [-0.39, 0.29) is 5.60 Å². The van der Waals surface area contributed by atoms with E-state index in [9.17, 15) is 0 Å². The molecule has 3 nitrogen and oxygen atoms in total. The molecule has 0 spiro atoms. The van der Waals surface area contributed by atoms with Crippen molar-refractivity contribution in [3.63, 3.8) is 0 Å². The van der Waals surface area contributed by atoms with Gasteiger partial charge in [0.2, 0.25) is 0 Å². The zero-order valence-electron chi connectivity index (χ0n) is 12.8. The van der Waals surface area contributed by atoms with Gasteiger partial charge in [-0.15, -0.1) is 11.3 Å². The molecule has 2 heterocycles. The van der Waals surface area contributed by atoms with Gasteiger partial charge >= 0.3 is 0 Å². The van der Waals surface area contributed by atoms with Crippen LogP contribution in [-0.4, -0.2) is 16.6 Å². The second-order valence-electron chi connectivity index (χ2n) is 6.02. The van der Waals surface area contributed by atoms with Crippen molar-refractivity contribution in [3.8, 4) is 0 Å². The largest absolute Gasteiger partial charge is 0.367 e. The summed E-state index contributed by atoms with van der Waals surface area (Å²) in [5.41, 5.74) is -0.350. The summed E-state index contributed by atoms with van der Waals surface area (Å²) in [4.78, 5) is 11.6. The highest BCUT2D eigenvalue weighted by atomic mass is 35.5. The average molecular weight is 325 g/mol. The molecule has 0 amide bonds. The molecule has 5 heteroatoms. The zero-order valence-corrected chi connectivity index (χ0v) is 14.4. The SMILES string of the molecule is CCOC1(c2nc(Cl)c3cc(C)sc3n2)CCC(C)CC1. The smallest absolute Gasteiger partial charge is 0.163 e. The fraction of sp³-hybridized carbons (Fsp3) is 0.625. The van der Waals surface area contributed by atoms with E-state index >= 15 is 0 Å². The predicted molar refractivity (Wildman–Crippen MR) is 88.1 cm³/mol. The third-order valence-corrected chi connectivity index (χ3v) is 5.61. The van der Waals surface area contributed by atoms with E-state index in [0.29, 0.717) is 11.8 Å². The van der Waals surface area contributed by atoms with Gasteiger partial charge in [-0.2, -0.15) is 0 Å². The number of hydrogen-bond donors (Lipinski definition) is 0. The molecule has 0 aromatic carbocycles. The van der Waals surface area contributed by atoms with Gasteiger partial charge in [0.15, 0.2) is 5.82 Å². The lowest BCUT2D eigenvalue weighted by Crippen LogP contribution is -2.36. The molecule has 1 fully saturated rings. The molecule has 114 valence electrons. The molecule has 0 N–H and O–H groups in total. The Morgan fingerprint density at radius 3 is 2.76 bits per heavy atom. The minimum atomic E-state index is -0.350. The van der Waals surface area contributed by atoms with Gasteiger partial charge in [-0.05, 0) is 51.5 Å². The van der Waals surface area contributed by atoms with Crippen molar-refractivity contribution < 1.29 is 4.74 Å². The number of nitrogens with zero attached hydrogens (tertiary/aromatic N) is 2. The molecule has 1 saturated carbocycles. The number of halogens is 1. The molecule has 0 saturated heterocycles. The first-order chi connectivity index (χ1) is 10.0. The molecule has 0 radical (unpaired) electrons. The van der Waals surface area contributed by atoms with Crippen LogP contribution in [0.1, 0.15) is 50.2 Å². The number of ether oxygens (including phenoxy) is 1. The molecule has 0 aliphatic heterocycles. The molecule has 0 bridgehead atoms. The lowest BCUT2D eigenvalue weighted by Gasteiger charge is -2.37. The third kappa shape index (κ3) is 2.81. The Kier molecular flexibility index (Phi) is 4.21. The van der Waals surface area contributed by atoms with Crippen LogP contribution in [0.2, 0.25) is 5.15 Å². The van der Waals surface area contributed by atoms with Gasteiger partial charge in [0.05, 0.1) is 0 Å². The van der Waals surface area contributed by atoms with Crippen LogP contribution >= 0.6 is 22.9 Å². The van der Waals surface area contributed by atoms with Gasteiger partial charge in [-0.25, -0.2) is 9.97 Å². The summed E-state index contributed by atoms with van der Waals surface area (Å²) in [5, 5.41) is 1.51. The van der Waals surface area contributed by atoms with Crippen LogP contribution in [0.25, 0.3) is 10.2 Å². The van der Waals surface area contributed by atoms with Crippen LogP contribution in [0.3, 0.4) is 0 Å². The van der Waals surface area contributed by atoms with Gasteiger partial charge in [0.25, 0.3) is 0 Å². The van der Waals surface area contributed by atoms with Crippen LogP contribution in [0, 0.1) is 12.8 Å². The van der Waals surface area contributed by atoms with Crippen LogP contribution in [0.5, 0.6) is 0 Å². The standard InChI is InChI=1S/C16H21ClN2OS/c1-4-20-16(7-5-10(2)6-8-16)15-18-13(17)12-9-11(3)21-14(12)19-15/h9-10H,4-8H2,1-3H3. The number of rotatable bonds is 3. The Labute approximate surface area is 134 Å².